The van der Waals surface area contributed by atoms with Crippen LogP contribution in [-0.4, -0.2) is 24.0 Å². The zero-order valence-corrected chi connectivity index (χ0v) is 9.91. The first kappa shape index (κ1) is 11.1. The van der Waals surface area contributed by atoms with Gasteiger partial charge < -0.3 is 0 Å². The minimum absolute atomic E-state index is 0.182. The lowest BCUT2D eigenvalue weighted by Crippen LogP contribution is -2.46. The van der Waals surface area contributed by atoms with Gasteiger partial charge in [0.25, 0.3) is 10.1 Å². The van der Waals surface area contributed by atoms with Crippen molar-refractivity contribution in [3.63, 3.8) is 0 Å². The van der Waals surface area contributed by atoms with Crippen LogP contribution in [0, 0.1) is 23.2 Å². The lowest BCUT2D eigenvalue weighted by atomic mass is 9.69. The molecule has 0 aromatic rings. The van der Waals surface area contributed by atoms with E-state index in [1.54, 1.807) is 0 Å². The zero-order chi connectivity index (χ0) is 11.6. The maximum Gasteiger partial charge on any atom is 0.275 e. The highest BCUT2D eigenvalue weighted by atomic mass is 32.2. The number of carbonyl (C=O) groups is 1. The van der Waals surface area contributed by atoms with E-state index in [9.17, 15) is 13.2 Å². The molecule has 4 nitrogen and oxygen atoms in total. The third kappa shape index (κ3) is 1.29. The Hall–Kier alpha value is -0.420. The van der Waals surface area contributed by atoms with Crippen LogP contribution in [0.25, 0.3) is 0 Å². The Morgan fingerprint density at radius 3 is 2.33 bits per heavy atom. The molecule has 0 aromatic carbocycles. The molecule has 0 unspecified atom stereocenters. The topological polar surface area (TPSA) is 71.4 Å². The van der Waals surface area contributed by atoms with E-state index in [1.807, 2.05) is 20.8 Å². The van der Waals surface area contributed by atoms with Gasteiger partial charge in [0, 0.05) is 5.92 Å². The third-order valence-electron chi connectivity index (χ3n) is 4.57. The Morgan fingerprint density at radius 2 is 1.93 bits per heavy atom. The van der Waals surface area contributed by atoms with Gasteiger partial charge in [-0.1, -0.05) is 20.8 Å². The van der Waals surface area contributed by atoms with E-state index in [0.29, 0.717) is 6.42 Å². The van der Waals surface area contributed by atoms with Gasteiger partial charge in [-0.2, -0.15) is 8.42 Å². The monoisotopic (exact) mass is 232 g/mol. The normalized spacial score (nSPS) is 43.6. The SMILES string of the molecule is C[C@H]1[C@H]2C[C@@H]([C@H](S(=O)(=O)O)C2=O)C1(C)C. The number of hydrogen-bond acceptors (Lipinski definition) is 3. The van der Waals surface area contributed by atoms with Crippen molar-refractivity contribution in [2.75, 3.05) is 0 Å². The van der Waals surface area contributed by atoms with Crippen molar-refractivity contribution in [1.82, 2.24) is 0 Å². The fourth-order valence-corrected chi connectivity index (χ4v) is 4.62. The Labute approximate surface area is 89.8 Å². The summed E-state index contributed by atoms with van der Waals surface area (Å²) < 4.78 is 31.4. The molecule has 0 amide bonds. The number of Topliss-reactive ketones (excluding diaryl/α,β-unsaturated/α-hetero) is 1. The maximum atomic E-state index is 11.8. The Morgan fingerprint density at radius 1 is 1.40 bits per heavy atom. The minimum atomic E-state index is -4.23. The highest BCUT2D eigenvalue weighted by Crippen LogP contribution is 2.58. The van der Waals surface area contributed by atoms with Crippen molar-refractivity contribution in [1.29, 1.82) is 0 Å². The fraction of sp³-hybridized carbons (Fsp3) is 0.900. The average molecular weight is 232 g/mol. The van der Waals surface area contributed by atoms with E-state index in [0.717, 1.165) is 0 Å². The molecule has 4 atom stereocenters. The molecule has 2 fully saturated rings. The summed E-state index contributed by atoms with van der Waals surface area (Å²) in [5.41, 5.74) is -0.182. The summed E-state index contributed by atoms with van der Waals surface area (Å²) in [5.74, 6) is -0.487. The molecule has 0 aromatic heterocycles. The maximum absolute atomic E-state index is 11.8. The third-order valence-corrected chi connectivity index (χ3v) is 5.78. The van der Waals surface area contributed by atoms with Crippen LogP contribution in [0.4, 0.5) is 0 Å². The molecule has 2 bridgehead atoms. The molecule has 1 N–H and O–H groups in total. The summed E-state index contributed by atoms with van der Waals surface area (Å²) in [7, 11) is -4.23. The largest absolute Gasteiger partial charge is 0.298 e. The number of hydrogen-bond donors (Lipinski definition) is 1. The van der Waals surface area contributed by atoms with Crippen LogP contribution in [-0.2, 0) is 14.9 Å². The van der Waals surface area contributed by atoms with Crippen molar-refractivity contribution in [3.8, 4) is 0 Å². The highest BCUT2D eigenvalue weighted by molar-refractivity contribution is 7.87. The molecule has 2 aliphatic carbocycles. The van der Waals surface area contributed by atoms with Crippen LogP contribution < -0.4 is 0 Å². The molecule has 0 saturated heterocycles. The van der Waals surface area contributed by atoms with Gasteiger partial charge >= 0.3 is 0 Å². The highest BCUT2D eigenvalue weighted by Gasteiger charge is 2.63. The summed E-state index contributed by atoms with van der Waals surface area (Å²) in [5, 5.41) is -1.17. The molecule has 0 aliphatic heterocycles. The van der Waals surface area contributed by atoms with E-state index in [1.165, 1.54) is 0 Å². The second-order valence-electron chi connectivity index (χ2n) is 5.40. The standard InChI is InChI=1S/C10H16O4S/c1-5-6-4-7(10(5,2)3)9(8(6)11)15(12,13)14/h5-7,9H,4H2,1-3H3,(H,12,13,14)/t5-,6+,7-,9-/m0/s1. The second-order valence-corrected chi connectivity index (χ2v) is 6.93. The summed E-state index contributed by atoms with van der Waals surface area (Å²) in [6, 6.07) is 0. The molecule has 0 heterocycles. The molecule has 0 radical (unpaired) electrons. The number of fused-ring (bicyclic) bond motifs is 2. The quantitative estimate of drug-likeness (QED) is 0.688. The van der Waals surface area contributed by atoms with E-state index in [2.05, 4.69) is 0 Å². The minimum Gasteiger partial charge on any atom is -0.298 e. The first-order valence-electron chi connectivity index (χ1n) is 5.17. The number of ketones is 1. The molecule has 15 heavy (non-hydrogen) atoms. The van der Waals surface area contributed by atoms with Crippen molar-refractivity contribution < 1.29 is 17.8 Å². The van der Waals surface area contributed by atoms with E-state index in [4.69, 9.17) is 4.55 Å². The molecule has 86 valence electrons. The zero-order valence-electron chi connectivity index (χ0n) is 9.10. The van der Waals surface area contributed by atoms with Crippen LogP contribution >= 0.6 is 0 Å². The van der Waals surface area contributed by atoms with Gasteiger partial charge in [-0.25, -0.2) is 0 Å². The number of carbonyl (C=O) groups excluding carboxylic acids is 1. The van der Waals surface area contributed by atoms with Crippen LogP contribution in [0.3, 0.4) is 0 Å². The average Bonchev–Trinajstić information content (AvgIpc) is 2.48. The molecular formula is C10H16O4S. The Bertz CT molecular complexity index is 409. The lowest BCUT2D eigenvalue weighted by Gasteiger charge is -2.38. The molecule has 2 rings (SSSR count). The van der Waals surface area contributed by atoms with Gasteiger partial charge in [0.2, 0.25) is 0 Å². The van der Waals surface area contributed by atoms with Crippen molar-refractivity contribution >= 4 is 15.9 Å². The fourth-order valence-electron chi connectivity index (χ4n) is 3.28. The van der Waals surface area contributed by atoms with Crippen LogP contribution in [0.1, 0.15) is 27.2 Å². The van der Waals surface area contributed by atoms with Gasteiger partial charge in [-0.3, -0.25) is 9.35 Å². The van der Waals surface area contributed by atoms with Gasteiger partial charge in [0.15, 0.2) is 5.78 Å². The predicted octanol–water partition coefficient (Wildman–Crippen LogP) is 1.12. The van der Waals surface area contributed by atoms with Crippen molar-refractivity contribution in [2.24, 2.45) is 23.2 Å². The van der Waals surface area contributed by atoms with Gasteiger partial charge in [-0.15, -0.1) is 0 Å². The molecule has 2 saturated carbocycles. The summed E-state index contributed by atoms with van der Waals surface area (Å²) >= 11 is 0. The van der Waals surface area contributed by atoms with E-state index in [-0.39, 0.29) is 29.0 Å². The first-order chi connectivity index (χ1) is 6.67. The van der Waals surface area contributed by atoms with Crippen molar-refractivity contribution in [2.45, 2.75) is 32.4 Å². The summed E-state index contributed by atoms with van der Waals surface area (Å²) in [6.45, 7) is 5.95. The Kier molecular flexibility index (Phi) is 2.09. The van der Waals surface area contributed by atoms with Crippen LogP contribution in [0.5, 0.6) is 0 Å². The summed E-state index contributed by atoms with van der Waals surface area (Å²) in [6.07, 6.45) is 0.609. The lowest BCUT2D eigenvalue weighted by molar-refractivity contribution is -0.125. The van der Waals surface area contributed by atoms with Gasteiger partial charge in [0.05, 0.1) is 0 Å². The van der Waals surface area contributed by atoms with Crippen molar-refractivity contribution in [3.05, 3.63) is 0 Å². The van der Waals surface area contributed by atoms with Crippen LogP contribution in [0.2, 0.25) is 0 Å². The number of rotatable bonds is 1. The van der Waals surface area contributed by atoms with E-state index >= 15 is 0 Å². The second kappa shape index (κ2) is 2.83. The summed E-state index contributed by atoms with van der Waals surface area (Å²) in [4.78, 5) is 11.8. The molecule has 5 heteroatoms. The first-order valence-corrected chi connectivity index (χ1v) is 6.67. The van der Waals surface area contributed by atoms with Gasteiger partial charge in [0.1, 0.15) is 5.25 Å². The smallest absolute Gasteiger partial charge is 0.275 e. The molecule has 2 aliphatic rings. The van der Waals surface area contributed by atoms with Gasteiger partial charge in [-0.05, 0) is 23.7 Å². The predicted molar refractivity (Wildman–Crippen MR) is 54.9 cm³/mol. The molecule has 0 spiro atoms. The Balaban J connectivity index is 2.46. The van der Waals surface area contributed by atoms with Crippen LogP contribution in [0.15, 0.2) is 0 Å². The van der Waals surface area contributed by atoms with E-state index < -0.39 is 15.4 Å². The molecular weight excluding hydrogens is 216 g/mol.